The van der Waals surface area contributed by atoms with Crippen LogP contribution >= 0.6 is 11.8 Å². The van der Waals surface area contributed by atoms with E-state index in [1.807, 2.05) is 6.07 Å². The van der Waals surface area contributed by atoms with E-state index in [1.54, 1.807) is 11.8 Å². The SMILES string of the molecule is O=C(NCCN1CCN(c2ccccc2)CC1)C1Cc2ccccc2S1. The lowest BCUT2D eigenvalue weighted by molar-refractivity contribution is -0.120. The average molecular weight is 368 g/mol. The molecule has 1 N–H and O–H groups in total. The van der Waals surface area contributed by atoms with Crippen LogP contribution in [0.4, 0.5) is 5.69 Å². The summed E-state index contributed by atoms with van der Waals surface area (Å²) in [5.74, 6) is 0.175. The fourth-order valence-electron chi connectivity index (χ4n) is 3.65. The maximum absolute atomic E-state index is 12.4. The van der Waals surface area contributed by atoms with E-state index in [1.165, 1.54) is 16.1 Å². The maximum atomic E-state index is 12.4. The molecule has 1 unspecified atom stereocenters. The molecule has 1 saturated heterocycles. The van der Waals surface area contributed by atoms with Crippen molar-refractivity contribution in [3.63, 3.8) is 0 Å². The molecular formula is C21H25N3OS. The second-order valence-corrected chi connectivity index (χ2v) is 8.12. The van der Waals surface area contributed by atoms with E-state index in [4.69, 9.17) is 0 Å². The first kappa shape index (κ1) is 17.4. The molecule has 0 bridgehead atoms. The number of thioether (sulfide) groups is 1. The highest BCUT2D eigenvalue weighted by atomic mass is 32.2. The van der Waals surface area contributed by atoms with E-state index in [0.29, 0.717) is 0 Å². The molecule has 2 aromatic carbocycles. The zero-order chi connectivity index (χ0) is 17.8. The first-order chi connectivity index (χ1) is 12.8. The Bertz CT molecular complexity index is 719. The highest BCUT2D eigenvalue weighted by Gasteiger charge is 2.27. The van der Waals surface area contributed by atoms with Gasteiger partial charge < -0.3 is 10.2 Å². The molecule has 2 aromatic rings. The predicted molar refractivity (Wildman–Crippen MR) is 108 cm³/mol. The number of rotatable bonds is 5. The lowest BCUT2D eigenvalue weighted by Crippen LogP contribution is -2.49. The van der Waals surface area contributed by atoms with E-state index < -0.39 is 0 Å². The molecule has 1 atom stereocenters. The molecule has 5 heteroatoms. The van der Waals surface area contributed by atoms with Crippen molar-refractivity contribution in [3.8, 4) is 0 Å². The fraction of sp³-hybridized carbons (Fsp3) is 0.381. The molecule has 1 fully saturated rings. The molecule has 2 heterocycles. The summed E-state index contributed by atoms with van der Waals surface area (Å²) in [7, 11) is 0. The Kier molecular flexibility index (Phi) is 5.46. The number of hydrogen-bond acceptors (Lipinski definition) is 4. The van der Waals surface area contributed by atoms with Crippen LogP contribution in [-0.2, 0) is 11.2 Å². The van der Waals surface area contributed by atoms with E-state index in [0.717, 1.165) is 45.7 Å². The zero-order valence-corrected chi connectivity index (χ0v) is 15.8. The number of amides is 1. The monoisotopic (exact) mass is 367 g/mol. The van der Waals surface area contributed by atoms with Gasteiger partial charge in [-0.25, -0.2) is 0 Å². The van der Waals surface area contributed by atoms with Gasteiger partial charge in [0.25, 0.3) is 0 Å². The average Bonchev–Trinajstić information content (AvgIpc) is 3.13. The third-order valence-electron chi connectivity index (χ3n) is 5.16. The van der Waals surface area contributed by atoms with Crippen LogP contribution in [0.2, 0.25) is 0 Å². The molecular weight excluding hydrogens is 342 g/mol. The van der Waals surface area contributed by atoms with Crippen LogP contribution in [0.15, 0.2) is 59.5 Å². The fourth-order valence-corrected chi connectivity index (χ4v) is 4.87. The van der Waals surface area contributed by atoms with Gasteiger partial charge in [0, 0.05) is 49.9 Å². The topological polar surface area (TPSA) is 35.6 Å². The van der Waals surface area contributed by atoms with Gasteiger partial charge in [0.1, 0.15) is 0 Å². The molecule has 0 radical (unpaired) electrons. The van der Waals surface area contributed by atoms with Gasteiger partial charge in [0.2, 0.25) is 5.91 Å². The number of benzene rings is 2. The van der Waals surface area contributed by atoms with Crippen molar-refractivity contribution in [3.05, 3.63) is 60.2 Å². The minimum atomic E-state index is 0.0299. The summed E-state index contributed by atoms with van der Waals surface area (Å²) >= 11 is 1.70. The molecule has 0 saturated carbocycles. The lowest BCUT2D eigenvalue weighted by Gasteiger charge is -2.36. The first-order valence-electron chi connectivity index (χ1n) is 9.34. The smallest absolute Gasteiger partial charge is 0.233 e. The largest absolute Gasteiger partial charge is 0.369 e. The number of anilines is 1. The minimum Gasteiger partial charge on any atom is -0.369 e. The molecule has 2 aliphatic rings. The van der Waals surface area contributed by atoms with Gasteiger partial charge in [-0.05, 0) is 30.2 Å². The maximum Gasteiger partial charge on any atom is 0.233 e. The van der Waals surface area contributed by atoms with Gasteiger partial charge in [0.15, 0.2) is 0 Å². The van der Waals surface area contributed by atoms with E-state index in [2.05, 4.69) is 63.6 Å². The highest BCUT2D eigenvalue weighted by molar-refractivity contribution is 8.01. The van der Waals surface area contributed by atoms with Gasteiger partial charge in [-0.15, -0.1) is 11.8 Å². The quantitative estimate of drug-likeness (QED) is 0.881. The Morgan fingerprint density at radius 2 is 1.73 bits per heavy atom. The summed E-state index contributed by atoms with van der Waals surface area (Å²) in [4.78, 5) is 18.6. The number of para-hydroxylation sites is 1. The zero-order valence-electron chi connectivity index (χ0n) is 14.9. The van der Waals surface area contributed by atoms with Crippen molar-refractivity contribution in [2.45, 2.75) is 16.6 Å². The summed E-state index contributed by atoms with van der Waals surface area (Å²) in [6.07, 6.45) is 0.850. The summed E-state index contributed by atoms with van der Waals surface area (Å²) in [6, 6.07) is 18.9. The van der Waals surface area contributed by atoms with Crippen molar-refractivity contribution in [2.75, 3.05) is 44.2 Å². The standard InChI is InChI=1S/C21H25N3OS/c25-21(20-16-17-6-4-5-9-19(17)26-20)22-10-11-23-12-14-24(15-13-23)18-7-2-1-3-8-18/h1-9,20H,10-16H2,(H,22,25). The van der Waals surface area contributed by atoms with Crippen LogP contribution in [0.5, 0.6) is 0 Å². The molecule has 4 rings (SSSR count). The van der Waals surface area contributed by atoms with Crippen LogP contribution in [0.25, 0.3) is 0 Å². The van der Waals surface area contributed by atoms with Crippen molar-refractivity contribution >= 4 is 23.4 Å². The van der Waals surface area contributed by atoms with E-state index >= 15 is 0 Å². The number of hydrogen-bond donors (Lipinski definition) is 1. The normalized spacial score (nSPS) is 20.0. The highest BCUT2D eigenvalue weighted by Crippen LogP contribution is 2.36. The van der Waals surface area contributed by atoms with E-state index in [9.17, 15) is 4.79 Å². The predicted octanol–water partition coefficient (Wildman–Crippen LogP) is 2.64. The van der Waals surface area contributed by atoms with Gasteiger partial charge in [-0.3, -0.25) is 9.69 Å². The van der Waals surface area contributed by atoms with Crippen LogP contribution < -0.4 is 10.2 Å². The van der Waals surface area contributed by atoms with Crippen LogP contribution in [0.3, 0.4) is 0 Å². The van der Waals surface area contributed by atoms with Crippen LogP contribution in [-0.4, -0.2) is 55.3 Å². The van der Waals surface area contributed by atoms with Gasteiger partial charge in [-0.1, -0.05) is 36.4 Å². The second kappa shape index (κ2) is 8.14. The molecule has 0 spiro atoms. The second-order valence-electron chi connectivity index (χ2n) is 6.87. The molecule has 0 aromatic heterocycles. The lowest BCUT2D eigenvalue weighted by atomic mass is 10.1. The number of piperazine rings is 1. The van der Waals surface area contributed by atoms with Crippen LogP contribution in [0.1, 0.15) is 5.56 Å². The molecule has 1 amide bonds. The van der Waals surface area contributed by atoms with Crippen molar-refractivity contribution in [1.29, 1.82) is 0 Å². The van der Waals surface area contributed by atoms with Gasteiger partial charge in [0.05, 0.1) is 5.25 Å². The summed E-state index contributed by atoms with van der Waals surface area (Å²) < 4.78 is 0. The molecule has 26 heavy (non-hydrogen) atoms. The number of nitrogens with one attached hydrogen (secondary N) is 1. The molecule has 4 nitrogen and oxygen atoms in total. The molecule has 136 valence electrons. The minimum absolute atomic E-state index is 0.0299. The van der Waals surface area contributed by atoms with Crippen molar-refractivity contribution < 1.29 is 4.79 Å². The summed E-state index contributed by atoms with van der Waals surface area (Å²) in [6.45, 7) is 5.86. The van der Waals surface area contributed by atoms with Crippen molar-refractivity contribution in [1.82, 2.24) is 10.2 Å². The molecule has 0 aliphatic carbocycles. The van der Waals surface area contributed by atoms with E-state index in [-0.39, 0.29) is 11.2 Å². The number of carbonyl (C=O) groups excluding carboxylic acids is 1. The summed E-state index contributed by atoms with van der Waals surface area (Å²) in [5.41, 5.74) is 2.60. The van der Waals surface area contributed by atoms with Gasteiger partial charge >= 0.3 is 0 Å². The Morgan fingerprint density at radius 1 is 1.00 bits per heavy atom. The number of carbonyl (C=O) groups is 1. The van der Waals surface area contributed by atoms with Crippen molar-refractivity contribution in [2.24, 2.45) is 0 Å². The molecule has 2 aliphatic heterocycles. The third-order valence-corrected chi connectivity index (χ3v) is 6.48. The Hall–Kier alpha value is -1.98. The number of fused-ring (bicyclic) bond motifs is 1. The number of nitrogens with zero attached hydrogens (tertiary/aromatic N) is 2. The Morgan fingerprint density at radius 3 is 2.50 bits per heavy atom. The third kappa shape index (κ3) is 4.05. The Labute approximate surface area is 159 Å². The summed E-state index contributed by atoms with van der Waals surface area (Å²) in [5, 5.41) is 3.16. The van der Waals surface area contributed by atoms with Gasteiger partial charge in [-0.2, -0.15) is 0 Å². The Balaban J connectivity index is 1.17. The first-order valence-corrected chi connectivity index (χ1v) is 10.2. The van der Waals surface area contributed by atoms with Crippen LogP contribution in [0, 0.1) is 0 Å².